The molecule has 0 saturated carbocycles. The van der Waals surface area contributed by atoms with Crippen molar-refractivity contribution in [2.24, 2.45) is 0 Å². The van der Waals surface area contributed by atoms with Crippen LogP contribution in [0.1, 0.15) is 21.5 Å². The van der Waals surface area contributed by atoms with Crippen LogP contribution in [0.3, 0.4) is 0 Å². The van der Waals surface area contributed by atoms with Gasteiger partial charge in [-0.05, 0) is 37.1 Å². The molecule has 0 fully saturated rings. The molecule has 82 valence electrons. The second-order valence-corrected chi connectivity index (χ2v) is 3.50. The number of carbonyl (C=O) groups is 1. The molecule has 1 aromatic rings. The quantitative estimate of drug-likeness (QED) is 0.711. The van der Waals surface area contributed by atoms with E-state index in [-0.39, 0.29) is 12.4 Å². The highest BCUT2D eigenvalue weighted by Gasteiger charge is 2.10. The van der Waals surface area contributed by atoms with Crippen molar-refractivity contribution in [1.82, 2.24) is 0 Å². The second-order valence-electron chi connectivity index (χ2n) is 3.50. The van der Waals surface area contributed by atoms with Gasteiger partial charge in [-0.1, -0.05) is 0 Å². The molecular weight excluding hydrogens is 192 g/mol. The monoisotopic (exact) mass is 208 g/mol. The van der Waals surface area contributed by atoms with Crippen LogP contribution in [0, 0.1) is 13.8 Å². The van der Waals surface area contributed by atoms with E-state index in [1.807, 2.05) is 26.0 Å². The molecule has 0 aliphatic carbocycles. The van der Waals surface area contributed by atoms with Gasteiger partial charge in [-0.15, -0.1) is 0 Å². The lowest BCUT2D eigenvalue weighted by molar-refractivity contribution is 0.0848. The zero-order valence-electron chi connectivity index (χ0n) is 9.59. The predicted octanol–water partition coefficient (Wildman–Crippen LogP) is 2.14. The molecule has 0 spiro atoms. The molecule has 0 saturated heterocycles. The standard InChI is InChI=1S/C12H16O3/c1-8-5-10(11(13)7-14-3)6-9(2)12(8)15-4/h5-6H,7H2,1-4H3. The highest BCUT2D eigenvalue weighted by molar-refractivity contribution is 5.97. The first kappa shape index (κ1) is 11.7. The Morgan fingerprint density at radius 3 is 2.13 bits per heavy atom. The fourth-order valence-electron chi connectivity index (χ4n) is 1.65. The van der Waals surface area contributed by atoms with Crippen LogP contribution in [0.15, 0.2) is 12.1 Å². The molecule has 0 N–H and O–H groups in total. The molecule has 3 nitrogen and oxygen atoms in total. The van der Waals surface area contributed by atoms with Crippen molar-refractivity contribution >= 4 is 5.78 Å². The summed E-state index contributed by atoms with van der Waals surface area (Å²) < 4.78 is 10.0. The third-order valence-electron chi connectivity index (χ3n) is 2.26. The number of benzene rings is 1. The number of ketones is 1. The highest BCUT2D eigenvalue weighted by atomic mass is 16.5. The molecule has 0 atom stereocenters. The van der Waals surface area contributed by atoms with E-state index < -0.39 is 0 Å². The minimum atomic E-state index is -0.00801. The maximum Gasteiger partial charge on any atom is 0.188 e. The minimum absolute atomic E-state index is 0.00801. The van der Waals surface area contributed by atoms with E-state index in [1.54, 1.807) is 7.11 Å². The second kappa shape index (κ2) is 4.94. The molecule has 1 aromatic carbocycles. The van der Waals surface area contributed by atoms with Crippen molar-refractivity contribution in [3.8, 4) is 5.75 Å². The maximum absolute atomic E-state index is 11.6. The van der Waals surface area contributed by atoms with Crippen LogP contribution in [0.2, 0.25) is 0 Å². The van der Waals surface area contributed by atoms with Gasteiger partial charge in [-0.25, -0.2) is 0 Å². The van der Waals surface area contributed by atoms with Crippen LogP contribution in [0.5, 0.6) is 5.75 Å². The van der Waals surface area contributed by atoms with Gasteiger partial charge in [0.1, 0.15) is 12.4 Å². The van der Waals surface area contributed by atoms with Gasteiger partial charge >= 0.3 is 0 Å². The van der Waals surface area contributed by atoms with Crippen molar-refractivity contribution in [3.05, 3.63) is 28.8 Å². The van der Waals surface area contributed by atoms with Gasteiger partial charge in [-0.3, -0.25) is 4.79 Å². The predicted molar refractivity (Wildman–Crippen MR) is 58.7 cm³/mol. The number of hydrogen-bond acceptors (Lipinski definition) is 3. The average Bonchev–Trinajstić information content (AvgIpc) is 2.17. The first-order chi connectivity index (χ1) is 7.10. The first-order valence-electron chi connectivity index (χ1n) is 4.77. The number of methoxy groups -OCH3 is 2. The van der Waals surface area contributed by atoms with Crippen LogP contribution in [0.4, 0.5) is 0 Å². The van der Waals surface area contributed by atoms with Crippen LogP contribution < -0.4 is 4.74 Å². The molecule has 0 aliphatic heterocycles. The number of Topliss-reactive ketones (excluding diaryl/α,β-unsaturated/α-hetero) is 1. The normalized spacial score (nSPS) is 10.1. The summed E-state index contributed by atoms with van der Waals surface area (Å²) in [5.74, 6) is 0.829. The summed E-state index contributed by atoms with van der Waals surface area (Å²) in [7, 11) is 3.15. The van der Waals surface area contributed by atoms with Crippen molar-refractivity contribution in [1.29, 1.82) is 0 Å². The van der Waals surface area contributed by atoms with Crippen molar-refractivity contribution < 1.29 is 14.3 Å². The Labute approximate surface area is 90.0 Å². The lowest BCUT2D eigenvalue weighted by Gasteiger charge is -2.10. The van der Waals surface area contributed by atoms with E-state index in [0.717, 1.165) is 16.9 Å². The Morgan fingerprint density at radius 1 is 1.20 bits per heavy atom. The lowest BCUT2D eigenvalue weighted by Crippen LogP contribution is -2.08. The van der Waals surface area contributed by atoms with Gasteiger partial charge < -0.3 is 9.47 Å². The van der Waals surface area contributed by atoms with E-state index >= 15 is 0 Å². The van der Waals surface area contributed by atoms with Crippen molar-refractivity contribution in [2.45, 2.75) is 13.8 Å². The Kier molecular flexibility index (Phi) is 3.86. The molecular formula is C12H16O3. The van der Waals surface area contributed by atoms with Gasteiger partial charge in [-0.2, -0.15) is 0 Å². The summed E-state index contributed by atoms with van der Waals surface area (Å²) in [6, 6.07) is 3.65. The molecule has 0 amide bonds. The van der Waals surface area contributed by atoms with E-state index in [9.17, 15) is 4.79 Å². The van der Waals surface area contributed by atoms with Crippen molar-refractivity contribution in [3.63, 3.8) is 0 Å². The molecule has 15 heavy (non-hydrogen) atoms. The van der Waals surface area contributed by atoms with Crippen LogP contribution in [0.25, 0.3) is 0 Å². The summed E-state index contributed by atoms with van der Waals surface area (Å²) >= 11 is 0. The summed E-state index contributed by atoms with van der Waals surface area (Å²) in [5.41, 5.74) is 2.61. The third kappa shape index (κ3) is 2.57. The van der Waals surface area contributed by atoms with Crippen LogP contribution in [-0.2, 0) is 4.74 Å². The largest absolute Gasteiger partial charge is 0.496 e. The maximum atomic E-state index is 11.6. The van der Waals surface area contributed by atoms with E-state index in [4.69, 9.17) is 9.47 Å². The van der Waals surface area contributed by atoms with E-state index in [1.165, 1.54) is 7.11 Å². The number of ether oxygens (including phenoxy) is 2. The smallest absolute Gasteiger partial charge is 0.188 e. The first-order valence-corrected chi connectivity index (χ1v) is 4.77. The summed E-state index contributed by atoms with van der Waals surface area (Å²) in [6.07, 6.45) is 0. The molecule has 0 aromatic heterocycles. The third-order valence-corrected chi connectivity index (χ3v) is 2.26. The Balaban J connectivity index is 3.08. The Hall–Kier alpha value is -1.35. The summed E-state index contributed by atoms with van der Waals surface area (Å²) in [5, 5.41) is 0. The lowest BCUT2D eigenvalue weighted by atomic mass is 10.0. The zero-order valence-corrected chi connectivity index (χ0v) is 9.59. The van der Waals surface area contributed by atoms with Crippen LogP contribution >= 0.6 is 0 Å². The SMILES string of the molecule is COCC(=O)c1cc(C)c(OC)c(C)c1. The van der Waals surface area contributed by atoms with E-state index in [0.29, 0.717) is 5.56 Å². The molecule has 0 bridgehead atoms. The zero-order chi connectivity index (χ0) is 11.4. The van der Waals surface area contributed by atoms with E-state index in [2.05, 4.69) is 0 Å². The minimum Gasteiger partial charge on any atom is -0.496 e. The number of aryl methyl sites for hydroxylation is 2. The van der Waals surface area contributed by atoms with Crippen LogP contribution in [-0.4, -0.2) is 26.6 Å². The van der Waals surface area contributed by atoms with Gasteiger partial charge in [0.15, 0.2) is 5.78 Å². The Morgan fingerprint density at radius 2 is 1.73 bits per heavy atom. The molecule has 0 heterocycles. The molecule has 0 aliphatic rings. The van der Waals surface area contributed by atoms with Crippen molar-refractivity contribution in [2.75, 3.05) is 20.8 Å². The fraction of sp³-hybridized carbons (Fsp3) is 0.417. The summed E-state index contributed by atoms with van der Waals surface area (Å²) in [6.45, 7) is 3.97. The average molecular weight is 208 g/mol. The van der Waals surface area contributed by atoms with Gasteiger partial charge in [0.25, 0.3) is 0 Å². The Bertz CT molecular complexity index is 346. The number of rotatable bonds is 4. The van der Waals surface area contributed by atoms with Gasteiger partial charge in [0, 0.05) is 12.7 Å². The molecule has 3 heteroatoms. The number of carbonyl (C=O) groups excluding carboxylic acids is 1. The van der Waals surface area contributed by atoms with Gasteiger partial charge in [0.05, 0.1) is 7.11 Å². The fourth-order valence-corrected chi connectivity index (χ4v) is 1.65. The summed E-state index contributed by atoms with van der Waals surface area (Å²) in [4.78, 5) is 11.6. The highest BCUT2D eigenvalue weighted by Crippen LogP contribution is 2.24. The van der Waals surface area contributed by atoms with Gasteiger partial charge in [0.2, 0.25) is 0 Å². The molecule has 0 radical (unpaired) electrons. The number of hydrogen-bond donors (Lipinski definition) is 0. The topological polar surface area (TPSA) is 35.5 Å². The molecule has 0 unspecified atom stereocenters. The molecule has 1 rings (SSSR count).